The number of nitrogens with one attached hydrogen (secondary N) is 1. The molecule has 1 N–H and O–H groups in total. The van der Waals surface area contributed by atoms with Crippen LogP contribution in [0.3, 0.4) is 0 Å². The standard InChI is InChI=1S/C15H21F3N2/c1-12-2-4-13(5-3-12)14(6-7-15(16,17)18)20-10-8-19-9-11-20/h2-5,14,19H,6-11H2,1H3/t14-/m0/s1. The number of aryl methyl sites for hydroxylation is 1. The Morgan fingerprint density at radius 1 is 1.15 bits per heavy atom. The first-order chi connectivity index (χ1) is 9.46. The van der Waals surface area contributed by atoms with Crippen molar-refractivity contribution >= 4 is 0 Å². The highest BCUT2D eigenvalue weighted by atomic mass is 19.4. The minimum atomic E-state index is -4.09. The van der Waals surface area contributed by atoms with E-state index in [0.717, 1.165) is 37.3 Å². The first-order valence-electron chi connectivity index (χ1n) is 7.04. The van der Waals surface area contributed by atoms with Crippen LogP contribution in [0.4, 0.5) is 13.2 Å². The molecule has 1 aliphatic heterocycles. The van der Waals surface area contributed by atoms with E-state index in [4.69, 9.17) is 0 Å². The maximum atomic E-state index is 12.5. The number of hydrogen-bond acceptors (Lipinski definition) is 2. The molecule has 0 saturated carbocycles. The summed E-state index contributed by atoms with van der Waals surface area (Å²) in [7, 11) is 0. The molecule has 1 aliphatic rings. The number of halogens is 3. The lowest BCUT2D eigenvalue weighted by Gasteiger charge is -2.35. The first kappa shape index (κ1) is 15.3. The highest BCUT2D eigenvalue weighted by Crippen LogP contribution is 2.31. The minimum Gasteiger partial charge on any atom is -0.314 e. The first-order valence-corrected chi connectivity index (χ1v) is 7.04. The van der Waals surface area contributed by atoms with Gasteiger partial charge in [0.1, 0.15) is 0 Å². The predicted molar refractivity (Wildman–Crippen MR) is 73.7 cm³/mol. The zero-order chi connectivity index (χ0) is 14.6. The van der Waals surface area contributed by atoms with Crippen molar-refractivity contribution in [2.45, 2.75) is 32.0 Å². The number of hydrogen-bond donors (Lipinski definition) is 1. The maximum absolute atomic E-state index is 12.5. The van der Waals surface area contributed by atoms with Crippen LogP contribution in [0.25, 0.3) is 0 Å². The smallest absolute Gasteiger partial charge is 0.314 e. The summed E-state index contributed by atoms with van der Waals surface area (Å²) in [6, 6.07) is 7.71. The average Bonchev–Trinajstić information content (AvgIpc) is 2.41. The second kappa shape index (κ2) is 6.59. The number of rotatable bonds is 4. The molecule has 1 aromatic rings. The molecular weight excluding hydrogens is 265 g/mol. The number of nitrogens with zero attached hydrogens (tertiary/aromatic N) is 1. The third-order valence-corrected chi connectivity index (χ3v) is 3.76. The summed E-state index contributed by atoms with van der Waals surface area (Å²) in [5.41, 5.74) is 2.12. The topological polar surface area (TPSA) is 15.3 Å². The molecular formula is C15H21F3N2. The van der Waals surface area contributed by atoms with Crippen molar-refractivity contribution in [3.63, 3.8) is 0 Å². The van der Waals surface area contributed by atoms with Crippen LogP contribution in [0, 0.1) is 6.92 Å². The second-order valence-corrected chi connectivity index (χ2v) is 5.37. The number of piperazine rings is 1. The van der Waals surface area contributed by atoms with Crippen molar-refractivity contribution in [3.05, 3.63) is 35.4 Å². The Hall–Kier alpha value is -1.07. The lowest BCUT2D eigenvalue weighted by Crippen LogP contribution is -2.45. The van der Waals surface area contributed by atoms with E-state index in [1.165, 1.54) is 0 Å². The fourth-order valence-electron chi connectivity index (χ4n) is 2.64. The number of benzene rings is 1. The molecule has 1 saturated heterocycles. The molecule has 0 amide bonds. The van der Waals surface area contributed by atoms with Crippen LogP contribution < -0.4 is 5.32 Å². The fraction of sp³-hybridized carbons (Fsp3) is 0.600. The van der Waals surface area contributed by atoms with E-state index >= 15 is 0 Å². The summed E-state index contributed by atoms with van der Waals surface area (Å²) in [6.45, 7) is 5.27. The zero-order valence-corrected chi connectivity index (χ0v) is 11.7. The second-order valence-electron chi connectivity index (χ2n) is 5.37. The fourth-order valence-corrected chi connectivity index (χ4v) is 2.64. The normalized spacial score (nSPS) is 19.0. The molecule has 20 heavy (non-hydrogen) atoms. The molecule has 0 radical (unpaired) electrons. The Bertz CT molecular complexity index is 408. The summed E-state index contributed by atoms with van der Waals surface area (Å²) in [5.74, 6) is 0. The molecule has 2 nitrogen and oxygen atoms in total. The maximum Gasteiger partial charge on any atom is 0.389 e. The molecule has 1 heterocycles. The van der Waals surface area contributed by atoms with Gasteiger partial charge in [-0.2, -0.15) is 13.2 Å². The van der Waals surface area contributed by atoms with Crippen LogP contribution >= 0.6 is 0 Å². The van der Waals surface area contributed by atoms with Gasteiger partial charge >= 0.3 is 6.18 Å². The Labute approximate surface area is 118 Å². The van der Waals surface area contributed by atoms with E-state index in [-0.39, 0.29) is 12.5 Å². The van der Waals surface area contributed by atoms with Crippen LogP contribution in [-0.2, 0) is 0 Å². The lowest BCUT2D eigenvalue weighted by molar-refractivity contribution is -0.138. The molecule has 0 spiro atoms. The van der Waals surface area contributed by atoms with Crippen molar-refractivity contribution in [2.24, 2.45) is 0 Å². The monoisotopic (exact) mass is 286 g/mol. The predicted octanol–water partition coefficient (Wildman–Crippen LogP) is 3.28. The van der Waals surface area contributed by atoms with Gasteiger partial charge in [0, 0.05) is 38.6 Å². The quantitative estimate of drug-likeness (QED) is 0.913. The van der Waals surface area contributed by atoms with Gasteiger partial charge in [-0.3, -0.25) is 4.90 Å². The molecule has 0 aromatic heterocycles. The Morgan fingerprint density at radius 2 is 1.75 bits per heavy atom. The van der Waals surface area contributed by atoms with Crippen molar-refractivity contribution in [1.82, 2.24) is 10.2 Å². The van der Waals surface area contributed by atoms with Gasteiger partial charge < -0.3 is 5.32 Å². The van der Waals surface area contributed by atoms with Gasteiger partial charge in [0.2, 0.25) is 0 Å². The SMILES string of the molecule is Cc1ccc([C@H](CCC(F)(F)F)N2CCNCC2)cc1. The Kier molecular flexibility index (Phi) is 5.05. The molecule has 2 rings (SSSR count). The van der Waals surface area contributed by atoms with E-state index in [9.17, 15) is 13.2 Å². The third kappa shape index (κ3) is 4.49. The van der Waals surface area contributed by atoms with E-state index in [2.05, 4.69) is 10.2 Å². The summed E-state index contributed by atoms with van der Waals surface area (Å²) in [5, 5.41) is 3.24. The molecule has 5 heteroatoms. The molecule has 1 aromatic carbocycles. The summed E-state index contributed by atoms with van der Waals surface area (Å²) in [4.78, 5) is 2.16. The largest absolute Gasteiger partial charge is 0.389 e. The van der Waals surface area contributed by atoms with Crippen LogP contribution in [0.2, 0.25) is 0 Å². The zero-order valence-electron chi connectivity index (χ0n) is 11.7. The van der Waals surface area contributed by atoms with E-state index in [1.807, 2.05) is 31.2 Å². The highest BCUT2D eigenvalue weighted by molar-refractivity contribution is 5.24. The van der Waals surface area contributed by atoms with Gasteiger partial charge in [0.05, 0.1) is 0 Å². The van der Waals surface area contributed by atoms with E-state index in [0.29, 0.717) is 0 Å². The van der Waals surface area contributed by atoms with Crippen LogP contribution in [0.15, 0.2) is 24.3 Å². The molecule has 1 fully saturated rings. The van der Waals surface area contributed by atoms with Crippen molar-refractivity contribution in [3.8, 4) is 0 Å². The van der Waals surface area contributed by atoms with Crippen molar-refractivity contribution < 1.29 is 13.2 Å². The molecule has 1 atom stereocenters. The third-order valence-electron chi connectivity index (χ3n) is 3.76. The van der Waals surface area contributed by atoms with Crippen LogP contribution in [0.1, 0.15) is 30.0 Å². The van der Waals surface area contributed by atoms with Gasteiger partial charge in [0.25, 0.3) is 0 Å². The van der Waals surface area contributed by atoms with Gasteiger partial charge in [-0.25, -0.2) is 0 Å². The minimum absolute atomic E-state index is 0.132. The van der Waals surface area contributed by atoms with Crippen LogP contribution in [-0.4, -0.2) is 37.3 Å². The van der Waals surface area contributed by atoms with Gasteiger partial charge in [-0.15, -0.1) is 0 Å². The highest BCUT2D eigenvalue weighted by Gasteiger charge is 2.31. The van der Waals surface area contributed by atoms with E-state index < -0.39 is 12.6 Å². The van der Waals surface area contributed by atoms with E-state index in [1.54, 1.807) is 0 Å². The Morgan fingerprint density at radius 3 is 2.30 bits per heavy atom. The molecule has 0 aliphatic carbocycles. The molecule has 0 bridgehead atoms. The lowest BCUT2D eigenvalue weighted by atomic mass is 9.98. The van der Waals surface area contributed by atoms with Gasteiger partial charge in [0.15, 0.2) is 0 Å². The molecule has 0 unspecified atom stereocenters. The van der Waals surface area contributed by atoms with Crippen molar-refractivity contribution in [1.29, 1.82) is 0 Å². The van der Waals surface area contributed by atoms with Gasteiger partial charge in [-0.05, 0) is 18.9 Å². The molecule has 112 valence electrons. The number of alkyl halides is 3. The Balaban J connectivity index is 2.12. The van der Waals surface area contributed by atoms with Crippen molar-refractivity contribution in [2.75, 3.05) is 26.2 Å². The summed E-state index contributed by atoms with van der Waals surface area (Å²) < 4.78 is 37.6. The van der Waals surface area contributed by atoms with Gasteiger partial charge in [-0.1, -0.05) is 29.8 Å². The average molecular weight is 286 g/mol. The van der Waals surface area contributed by atoms with Crippen LogP contribution in [0.5, 0.6) is 0 Å². The summed E-state index contributed by atoms with van der Waals surface area (Å²) in [6.07, 6.45) is -4.68. The summed E-state index contributed by atoms with van der Waals surface area (Å²) >= 11 is 0.